The predicted molar refractivity (Wildman–Crippen MR) is 102 cm³/mol. The van der Waals surface area contributed by atoms with Gasteiger partial charge in [0.15, 0.2) is 6.61 Å². The highest BCUT2D eigenvalue weighted by molar-refractivity contribution is 6.07. The van der Waals surface area contributed by atoms with Crippen LogP contribution < -0.4 is 10.1 Å². The average molecular weight is 394 g/mol. The fourth-order valence-corrected chi connectivity index (χ4v) is 2.67. The number of nitrogens with zero attached hydrogens (tertiary/aromatic N) is 1. The zero-order chi connectivity index (χ0) is 20.8. The van der Waals surface area contributed by atoms with Crippen LogP contribution in [0.3, 0.4) is 0 Å². The molecule has 1 aromatic heterocycles. The van der Waals surface area contributed by atoms with Crippen molar-refractivity contribution < 1.29 is 28.4 Å². The lowest BCUT2D eigenvalue weighted by Gasteiger charge is -2.09. The van der Waals surface area contributed by atoms with E-state index in [4.69, 9.17) is 14.0 Å². The van der Waals surface area contributed by atoms with E-state index in [2.05, 4.69) is 10.5 Å². The molecule has 29 heavy (non-hydrogen) atoms. The molecule has 148 valence electrons. The molecule has 0 spiro atoms. The summed E-state index contributed by atoms with van der Waals surface area (Å²) in [5.41, 5.74) is 1.31. The number of carbonyl (C=O) groups is 3. The monoisotopic (exact) mass is 394 g/mol. The van der Waals surface area contributed by atoms with Crippen LogP contribution in [0.5, 0.6) is 5.75 Å². The molecule has 3 rings (SSSR count). The minimum absolute atomic E-state index is 0.125. The van der Waals surface area contributed by atoms with Crippen molar-refractivity contribution in [1.29, 1.82) is 0 Å². The molecular weight excluding hydrogens is 376 g/mol. The van der Waals surface area contributed by atoms with E-state index in [0.717, 1.165) is 0 Å². The van der Waals surface area contributed by atoms with Crippen molar-refractivity contribution in [1.82, 2.24) is 10.5 Å². The van der Waals surface area contributed by atoms with E-state index in [-0.39, 0.29) is 16.9 Å². The fourth-order valence-electron chi connectivity index (χ4n) is 2.67. The number of aryl methyl sites for hydroxylation is 1. The Balaban J connectivity index is 1.65. The Labute approximate surface area is 166 Å². The lowest BCUT2D eigenvalue weighted by atomic mass is 10.1. The van der Waals surface area contributed by atoms with Crippen LogP contribution in [0.4, 0.5) is 0 Å². The van der Waals surface area contributed by atoms with Crippen molar-refractivity contribution in [2.75, 3.05) is 13.7 Å². The number of nitrogens with one attached hydrogen (secondary N) is 1. The van der Waals surface area contributed by atoms with Gasteiger partial charge in [0, 0.05) is 5.56 Å². The van der Waals surface area contributed by atoms with Crippen molar-refractivity contribution in [3.05, 3.63) is 71.5 Å². The maximum absolute atomic E-state index is 12.5. The molecule has 0 fully saturated rings. The highest BCUT2D eigenvalue weighted by Gasteiger charge is 2.24. The topological polar surface area (TPSA) is 108 Å². The van der Waals surface area contributed by atoms with E-state index >= 15 is 0 Å². The van der Waals surface area contributed by atoms with E-state index < -0.39 is 24.4 Å². The lowest BCUT2D eigenvalue weighted by Crippen LogP contribution is -2.34. The van der Waals surface area contributed by atoms with Crippen LogP contribution in [0.1, 0.15) is 26.5 Å². The van der Waals surface area contributed by atoms with Crippen molar-refractivity contribution in [2.45, 2.75) is 6.92 Å². The first kappa shape index (κ1) is 19.8. The largest absolute Gasteiger partial charge is 0.496 e. The molecule has 8 nitrogen and oxygen atoms in total. The third-order valence-electron chi connectivity index (χ3n) is 4.05. The Morgan fingerprint density at radius 2 is 1.72 bits per heavy atom. The number of para-hydroxylation sites is 1. The number of benzene rings is 2. The zero-order valence-electron chi connectivity index (χ0n) is 15.8. The minimum Gasteiger partial charge on any atom is -0.496 e. The standard InChI is InChI=1S/C21H18N2O6/c1-13-18(19(23-29-13)14-8-4-3-5-9-14)21(26)28-12-17(24)22-20(25)15-10-6-7-11-16(15)27-2/h3-11H,12H2,1-2H3,(H,22,24,25). The molecule has 0 saturated carbocycles. The molecule has 0 aliphatic rings. The van der Waals surface area contributed by atoms with Crippen molar-refractivity contribution in [3.63, 3.8) is 0 Å². The van der Waals surface area contributed by atoms with E-state index in [9.17, 15) is 14.4 Å². The number of amides is 2. The second kappa shape index (κ2) is 8.83. The van der Waals surface area contributed by atoms with Gasteiger partial charge in [-0.25, -0.2) is 4.79 Å². The van der Waals surface area contributed by atoms with Gasteiger partial charge in [-0.05, 0) is 19.1 Å². The Hall–Kier alpha value is -3.94. The summed E-state index contributed by atoms with van der Waals surface area (Å²) in [6.07, 6.45) is 0. The Bertz CT molecular complexity index is 1040. The maximum Gasteiger partial charge on any atom is 0.344 e. The molecule has 0 bridgehead atoms. The van der Waals surface area contributed by atoms with Crippen LogP contribution in [0.2, 0.25) is 0 Å². The van der Waals surface area contributed by atoms with Gasteiger partial charge in [-0.15, -0.1) is 0 Å². The maximum atomic E-state index is 12.5. The average Bonchev–Trinajstić information content (AvgIpc) is 3.14. The first-order valence-electron chi connectivity index (χ1n) is 8.67. The van der Waals surface area contributed by atoms with E-state index in [1.165, 1.54) is 13.2 Å². The van der Waals surface area contributed by atoms with Gasteiger partial charge in [-0.1, -0.05) is 47.6 Å². The first-order chi connectivity index (χ1) is 14.0. The number of carbonyl (C=O) groups excluding carboxylic acids is 3. The number of rotatable bonds is 6. The number of imide groups is 1. The third-order valence-corrected chi connectivity index (χ3v) is 4.05. The normalized spacial score (nSPS) is 10.3. The second-order valence-electron chi connectivity index (χ2n) is 5.98. The molecule has 0 aliphatic carbocycles. The van der Waals surface area contributed by atoms with Gasteiger partial charge in [0.25, 0.3) is 11.8 Å². The van der Waals surface area contributed by atoms with Crippen molar-refractivity contribution >= 4 is 17.8 Å². The third kappa shape index (κ3) is 4.49. The molecule has 1 N–H and O–H groups in total. The van der Waals surface area contributed by atoms with Gasteiger partial charge in [0.1, 0.15) is 22.8 Å². The number of hydrogen-bond acceptors (Lipinski definition) is 7. The Morgan fingerprint density at radius 3 is 2.45 bits per heavy atom. The second-order valence-corrected chi connectivity index (χ2v) is 5.98. The van der Waals surface area contributed by atoms with Crippen LogP contribution in [-0.4, -0.2) is 36.7 Å². The van der Waals surface area contributed by atoms with Gasteiger partial charge in [0.2, 0.25) is 0 Å². The summed E-state index contributed by atoms with van der Waals surface area (Å²) in [6, 6.07) is 15.4. The molecule has 3 aromatic rings. The minimum atomic E-state index is -0.775. The fraction of sp³-hybridized carbons (Fsp3) is 0.143. The van der Waals surface area contributed by atoms with Gasteiger partial charge in [0.05, 0.1) is 12.7 Å². The molecule has 2 amide bonds. The summed E-state index contributed by atoms with van der Waals surface area (Å²) >= 11 is 0. The molecule has 0 atom stereocenters. The Kier molecular flexibility index (Phi) is 6.03. The van der Waals surface area contributed by atoms with Crippen molar-refractivity contribution in [3.8, 4) is 17.0 Å². The number of hydrogen-bond donors (Lipinski definition) is 1. The SMILES string of the molecule is COc1ccccc1C(=O)NC(=O)COC(=O)c1c(-c2ccccc2)noc1C. The molecular formula is C21H18N2O6. The van der Waals surface area contributed by atoms with Crippen LogP contribution in [0, 0.1) is 6.92 Å². The number of aromatic nitrogens is 1. The van der Waals surface area contributed by atoms with Crippen LogP contribution in [0.25, 0.3) is 11.3 Å². The lowest BCUT2D eigenvalue weighted by molar-refractivity contribution is -0.123. The van der Waals surface area contributed by atoms with Crippen molar-refractivity contribution in [2.24, 2.45) is 0 Å². The van der Waals surface area contributed by atoms with Crippen LogP contribution in [0.15, 0.2) is 59.1 Å². The van der Waals surface area contributed by atoms with Gasteiger partial charge < -0.3 is 14.0 Å². The summed E-state index contributed by atoms with van der Waals surface area (Å²) in [5, 5.41) is 6.06. The molecule has 2 aromatic carbocycles. The molecule has 0 aliphatic heterocycles. The van der Waals surface area contributed by atoms with Crippen LogP contribution in [-0.2, 0) is 9.53 Å². The molecule has 0 saturated heterocycles. The number of methoxy groups -OCH3 is 1. The summed E-state index contributed by atoms with van der Waals surface area (Å²) in [6.45, 7) is 0.930. The first-order valence-corrected chi connectivity index (χ1v) is 8.67. The summed E-state index contributed by atoms with van der Waals surface area (Å²) in [4.78, 5) is 36.7. The highest BCUT2D eigenvalue weighted by Crippen LogP contribution is 2.25. The molecule has 1 heterocycles. The summed E-state index contributed by atoms with van der Waals surface area (Å²) in [7, 11) is 1.42. The van der Waals surface area contributed by atoms with Gasteiger partial charge in [-0.3, -0.25) is 14.9 Å². The quantitative estimate of drug-likeness (QED) is 0.641. The smallest absolute Gasteiger partial charge is 0.344 e. The predicted octanol–water partition coefficient (Wildman–Crippen LogP) is 2.77. The zero-order valence-corrected chi connectivity index (χ0v) is 15.8. The van der Waals surface area contributed by atoms with Gasteiger partial charge in [-0.2, -0.15) is 0 Å². The Morgan fingerprint density at radius 1 is 1.03 bits per heavy atom. The number of esters is 1. The summed E-state index contributed by atoms with van der Waals surface area (Å²) < 4.78 is 15.2. The molecule has 8 heteroatoms. The van der Waals surface area contributed by atoms with E-state index in [0.29, 0.717) is 17.0 Å². The summed E-state index contributed by atoms with van der Waals surface area (Å²) in [5.74, 6) is -1.62. The van der Waals surface area contributed by atoms with Crippen LogP contribution >= 0.6 is 0 Å². The number of ether oxygens (including phenoxy) is 2. The van der Waals surface area contributed by atoms with E-state index in [1.54, 1.807) is 49.4 Å². The van der Waals surface area contributed by atoms with Gasteiger partial charge >= 0.3 is 5.97 Å². The highest BCUT2D eigenvalue weighted by atomic mass is 16.5. The molecule has 0 radical (unpaired) electrons. The molecule has 0 unspecified atom stereocenters. The van der Waals surface area contributed by atoms with E-state index in [1.807, 2.05) is 6.07 Å².